The van der Waals surface area contributed by atoms with Crippen LogP contribution in [0.4, 0.5) is 5.69 Å². The van der Waals surface area contributed by atoms with Crippen LogP contribution in [0.15, 0.2) is 53.6 Å². The van der Waals surface area contributed by atoms with Crippen molar-refractivity contribution in [3.63, 3.8) is 0 Å². The van der Waals surface area contributed by atoms with E-state index in [1.54, 1.807) is 48.5 Å². The van der Waals surface area contributed by atoms with Gasteiger partial charge in [0.15, 0.2) is 0 Å². The molecule has 0 radical (unpaired) electrons. The highest BCUT2D eigenvalue weighted by Crippen LogP contribution is 2.16. The molecule has 0 unspecified atom stereocenters. The van der Waals surface area contributed by atoms with Crippen molar-refractivity contribution in [1.29, 1.82) is 0 Å². The third-order valence-corrected chi connectivity index (χ3v) is 2.96. The predicted octanol–water partition coefficient (Wildman–Crippen LogP) is 2.42. The van der Waals surface area contributed by atoms with Gasteiger partial charge in [0.25, 0.3) is 5.91 Å². The molecule has 0 saturated carbocycles. The van der Waals surface area contributed by atoms with Crippen LogP contribution in [0.3, 0.4) is 0 Å². The van der Waals surface area contributed by atoms with Gasteiger partial charge in [-0.2, -0.15) is 5.10 Å². The number of hydrogen-bond acceptors (Lipinski definition) is 4. The van der Waals surface area contributed by atoms with Crippen LogP contribution in [0.1, 0.15) is 22.8 Å². The Kier molecular flexibility index (Phi) is 5.46. The summed E-state index contributed by atoms with van der Waals surface area (Å²) in [5.74, 6) is 0.00363. The van der Waals surface area contributed by atoms with E-state index in [9.17, 15) is 9.59 Å². The maximum absolute atomic E-state index is 12.0. The van der Waals surface area contributed by atoms with E-state index in [1.165, 1.54) is 20.2 Å². The van der Waals surface area contributed by atoms with Crippen molar-refractivity contribution in [3.05, 3.63) is 59.7 Å². The Morgan fingerprint density at radius 1 is 1.09 bits per heavy atom. The highest BCUT2D eigenvalue weighted by Gasteiger charge is 2.09. The molecule has 0 aromatic heterocycles. The normalized spacial score (nSPS) is 10.3. The minimum Gasteiger partial charge on any atom is -0.496 e. The van der Waals surface area contributed by atoms with E-state index in [-0.39, 0.29) is 11.8 Å². The highest BCUT2D eigenvalue weighted by molar-refractivity contribution is 5.97. The van der Waals surface area contributed by atoms with E-state index >= 15 is 0 Å². The van der Waals surface area contributed by atoms with Crippen molar-refractivity contribution in [2.24, 2.45) is 5.10 Å². The van der Waals surface area contributed by atoms with Gasteiger partial charge in [-0.3, -0.25) is 9.59 Å². The molecule has 2 rings (SSSR count). The Bertz CT molecular complexity index is 724. The molecule has 2 amide bonds. The number of anilines is 1. The molecule has 23 heavy (non-hydrogen) atoms. The molecule has 2 N–H and O–H groups in total. The number of rotatable bonds is 5. The first-order valence-corrected chi connectivity index (χ1v) is 6.94. The molecular formula is C17H17N3O3. The van der Waals surface area contributed by atoms with Crippen molar-refractivity contribution in [1.82, 2.24) is 5.43 Å². The third-order valence-electron chi connectivity index (χ3n) is 2.96. The van der Waals surface area contributed by atoms with Gasteiger partial charge in [0.2, 0.25) is 5.91 Å². The summed E-state index contributed by atoms with van der Waals surface area (Å²) < 4.78 is 5.13. The predicted molar refractivity (Wildman–Crippen MR) is 88.8 cm³/mol. The lowest BCUT2D eigenvalue weighted by Crippen LogP contribution is -2.18. The maximum atomic E-state index is 12.0. The number of nitrogens with one attached hydrogen (secondary N) is 2. The monoisotopic (exact) mass is 311 g/mol. The Morgan fingerprint density at radius 2 is 1.78 bits per heavy atom. The van der Waals surface area contributed by atoms with Gasteiger partial charge in [0.1, 0.15) is 5.75 Å². The van der Waals surface area contributed by atoms with Crippen molar-refractivity contribution in [3.8, 4) is 5.75 Å². The molecule has 0 spiro atoms. The second-order valence-electron chi connectivity index (χ2n) is 4.70. The van der Waals surface area contributed by atoms with E-state index in [2.05, 4.69) is 15.8 Å². The summed E-state index contributed by atoms with van der Waals surface area (Å²) in [5, 5.41) is 6.59. The smallest absolute Gasteiger partial charge is 0.275 e. The molecule has 0 atom stereocenters. The number of ether oxygens (including phenoxy) is 1. The largest absolute Gasteiger partial charge is 0.496 e. The number of benzene rings is 2. The van der Waals surface area contributed by atoms with E-state index in [4.69, 9.17) is 4.74 Å². The van der Waals surface area contributed by atoms with Crippen LogP contribution in [0.5, 0.6) is 5.75 Å². The van der Waals surface area contributed by atoms with E-state index < -0.39 is 0 Å². The number of carbonyl (C=O) groups is 2. The lowest BCUT2D eigenvalue weighted by molar-refractivity contribution is -0.114. The number of hydrazone groups is 1. The van der Waals surface area contributed by atoms with E-state index in [0.29, 0.717) is 17.0 Å². The van der Waals surface area contributed by atoms with Crippen molar-refractivity contribution >= 4 is 23.7 Å². The van der Waals surface area contributed by atoms with Crippen LogP contribution in [-0.4, -0.2) is 25.1 Å². The fraction of sp³-hybridized carbons (Fsp3) is 0.118. The first-order valence-electron chi connectivity index (χ1n) is 6.94. The second kappa shape index (κ2) is 7.74. The molecule has 0 aliphatic rings. The molecule has 0 fully saturated rings. The average Bonchev–Trinajstić information content (AvgIpc) is 2.55. The lowest BCUT2D eigenvalue weighted by atomic mass is 10.2. The first kappa shape index (κ1) is 16.2. The number of amides is 2. The Balaban J connectivity index is 1.98. The second-order valence-corrected chi connectivity index (χ2v) is 4.70. The number of carbonyl (C=O) groups excluding carboxylic acids is 2. The van der Waals surface area contributed by atoms with Gasteiger partial charge >= 0.3 is 0 Å². The number of para-hydroxylation sites is 1. The number of methoxy groups -OCH3 is 1. The van der Waals surface area contributed by atoms with Gasteiger partial charge in [-0.15, -0.1) is 0 Å². The summed E-state index contributed by atoms with van der Waals surface area (Å²) in [6, 6.07) is 14.0. The minimum absolute atomic E-state index is 0.129. The van der Waals surface area contributed by atoms with Gasteiger partial charge in [0.05, 0.1) is 18.9 Å². The number of hydrogen-bond donors (Lipinski definition) is 2. The highest BCUT2D eigenvalue weighted by atomic mass is 16.5. The Morgan fingerprint density at radius 3 is 2.43 bits per heavy atom. The topological polar surface area (TPSA) is 79.8 Å². The molecule has 0 bridgehead atoms. The Labute approximate surface area is 134 Å². The molecular weight excluding hydrogens is 294 g/mol. The van der Waals surface area contributed by atoms with Crippen molar-refractivity contribution in [2.75, 3.05) is 12.4 Å². The molecule has 0 saturated heterocycles. The zero-order valence-corrected chi connectivity index (χ0v) is 12.9. The Hall–Kier alpha value is -3.15. The fourth-order valence-electron chi connectivity index (χ4n) is 1.91. The average molecular weight is 311 g/mol. The molecule has 118 valence electrons. The standard InChI is InChI=1S/C17H17N3O3/c1-12(21)19-14-9-7-13(8-10-14)11-18-20-17(22)15-5-3-4-6-16(15)23-2/h3-11H,1-2H3,(H,19,21)(H,20,22). The summed E-state index contributed by atoms with van der Waals surface area (Å²) in [7, 11) is 1.51. The summed E-state index contributed by atoms with van der Waals surface area (Å²) in [6.45, 7) is 1.45. The van der Waals surface area contributed by atoms with Crippen molar-refractivity contribution in [2.45, 2.75) is 6.92 Å². The van der Waals surface area contributed by atoms with Crippen LogP contribution in [0, 0.1) is 0 Å². The summed E-state index contributed by atoms with van der Waals surface area (Å²) in [6.07, 6.45) is 1.52. The van der Waals surface area contributed by atoms with Crippen LogP contribution < -0.4 is 15.5 Å². The molecule has 0 heterocycles. The van der Waals surface area contributed by atoms with Gasteiger partial charge in [-0.1, -0.05) is 24.3 Å². The third kappa shape index (κ3) is 4.67. The van der Waals surface area contributed by atoms with Gasteiger partial charge in [-0.25, -0.2) is 5.43 Å². The SMILES string of the molecule is COc1ccccc1C(=O)NN=Cc1ccc(NC(C)=O)cc1. The summed E-state index contributed by atoms with van der Waals surface area (Å²) in [5.41, 5.74) is 4.35. The van der Waals surface area contributed by atoms with Crippen LogP contribution in [0.2, 0.25) is 0 Å². The molecule has 6 nitrogen and oxygen atoms in total. The van der Waals surface area contributed by atoms with Crippen LogP contribution in [-0.2, 0) is 4.79 Å². The van der Waals surface area contributed by atoms with Crippen LogP contribution >= 0.6 is 0 Å². The van der Waals surface area contributed by atoms with Crippen LogP contribution in [0.25, 0.3) is 0 Å². The first-order chi connectivity index (χ1) is 11.1. The number of nitrogens with zero attached hydrogens (tertiary/aromatic N) is 1. The molecule has 0 aliphatic heterocycles. The minimum atomic E-state index is -0.353. The van der Waals surface area contributed by atoms with Gasteiger partial charge < -0.3 is 10.1 Å². The van der Waals surface area contributed by atoms with Gasteiger partial charge in [0, 0.05) is 12.6 Å². The lowest BCUT2D eigenvalue weighted by Gasteiger charge is -2.06. The molecule has 2 aromatic carbocycles. The fourth-order valence-corrected chi connectivity index (χ4v) is 1.91. The maximum Gasteiger partial charge on any atom is 0.275 e. The van der Waals surface area contributed by atoms with Crippen molar-refractivity contribution < 1.29 is 14.3 Å². The van der Waals surface area contributed by atoms with Gasteiger partial charge in [-0.05, 0) is 29.8 Å². The van der Waals surface area contributed by atoms with E-state index in [1.807, 2.05) is 0 Å². The quantitative estimate of drug-likeness (QED) is 0.657. The van der Waals surface area contributed by atoms with E-state index in [0.717, 1.165) is 5.56 Å². The summed E-state index contributed by atoms with van der Waals surface area (Å²) >= 11 is 0. The molecule has 6 heteroatoms. The zero-order chi connectivity index (χ0) is 16.7. The molecule has 2 aromatic rings. The molecule has 0 aliphatic carbocycles. The summed E-state index contributed by atoms with van der Waals surface area (Å²) in [4.78, 5) is 23.0. The zero-order valence-electron chi connectivity index (χ0n) is 12.9.